The third-order valence-corrected chi connectivity index (χ3v) is 0.943. The molecule has 0 saturated heterocycles. The van der Waals surface area contributed by atoms with Crippen molar-refractivity contribution in [2.75, 3.05) is 0 Å². The molecule has 0 aliphatic carbocycles. The molecule has 0 bridgehead atoms. The molecule has 0 aromatic heterocycles. The minimum Gasteiger partial charge on any atom is -0.319 e. The van der Waals surface area contributed by atoms with E-state index in [-0.39, 0.29) is 12.9 Å². The summed E-state index contributed by atoms with van der Waals surface area (Å²) >= 11 is 0. The summed E-state index contributed by atoms with van der Waals surface area (Å²) in [6, 6.07) is 0. The Morgan fingerprint density at radius 2 is 1.33 bits per heavy atom. The molecular formula is C2H2O6S. The average molecular weight is 154 g/mol. The maximum absolute atomic E-state index is 9.92. The molecule has 0 atom stereocenters. The van der Waals surface area contributed by atoms with E-state index in [1.54, 1.807) is 0 Å². The van der Waals surface area contributed by atoms with Crippen LogP contribution in [-0.4, -0.2) is 21.4 Å². The third kappa shape index (κ3) is 3.47. The Morgan fingerprint density at radius 3 is 1.56 bits per heavy atom. The molecule has 0 heterocycles. The van der Waals surface area contributed by atoms with Crippen molar-refractivity contribution < 1.29 is 26.4 Å². The van der Waals surface area contributed by atoms with Crippen molar-refractivity contribution in [3.63, 3.8) is 0 Å². The van der Waals surface area contributed by atoms with Crippen molar-refractivity contribution >= 4 is 23.3 Å². The molecule has 0 aliphatic rings. The third-order valence-electron chi connectivity index (χ3n) is 0.314. The highest BCUT2D eigenvalue weighted by atomic mass is 32.3. The summed E-state index contributed by atoms with van der Waals surface area (Å²) in [5.74, 6) is 0. The van der Waals surface area contributed by atoms with E-state index in [1.165, 1.54) is 0 Å². The lowest BCUT2D eigenvalue weighted by Gasteiger charge is -1.91. The van der Waals surface area contributed by atoms with Crippen molar-refractivity contribution in [2.45, 2.75) is 0 Å². The molecule has 0 rings (SSSR count). The van der Waals surface area contributed by atoms with E-state index in [0.717, 1.165) is 0 Å². The molecule has 0 fully saturated rings. The molecule has 7 heteroatoms. The molecule has 0 amide bonds. The average Bonchev–Trinajstić information content (AvgIpc) is 1.64. The molecular weight excluding hydrogens is 152 g/mol. The molecule has 6 nitrogen and oxygen atoms in total. The van der Waals surface area contributed by atoms with Gasteiger partial charge in [-0.05, 0) is 0 Å². The number of carbonyl (C=O) groups is 2. The monoisotopic (exact) mass is 154 g/mol. The summed E-state index contributed by atoms with van der Waals surface area (Å²) < 4.78 is 26.5. The minimum absolute atomic E-state index is 0.362. The van der Waals surface area contributed by atoms with Gasteiger partial charge in [-0.3, -0.25) is 9.59 Å². The molecule has 0 unspecified atom stereocenters. The fraction of sp³-hybridized carbons (Fsp3) is 0. The van der Waals surface area contributed by atoms with Crippen LogP contribution in [0.25, 0.3) is 0 Å². The van der Waals surface area contributed by atoms with Crippen molar-refractivity contribution in [1.82, 2.24) is 0 Å². The van der Waals surface area contributed by atoms with Gasteiger partial charge in [-0.2, -0.15) is 0 Å². The van der Waals surface area contributed by atoms with E-state index in [9.17, 15) is 18.0 Å². The Bertz CT molecular complexity index is 173. The fourth-order valence-electron chi connectivity index (χ4n) is 0.119. The first kappa shape index (κ1) is 7.89. The van der Waals surface area contributed by atoms with E-state index in [4.69, 9.17) is 0 Å². The van der Waals surface area contributed by atoms with Crippen molar-refractivity contribution in [3.05, 3.63) is 0 Å². The van der Waals surface area contributed by atoms with Gasteiger partial charge in [0.25, 0.3) is 0 Å². The molecule has 52 valence electrons. The lowest BCUT2D eigenvalue weighted by atomic mass is 11.7. The van der Waals surface area contributed by atoms with E-state index < -0.39 is 10.4 Å². The largest absolute Gasteiger partial charge is 0.505 e. The molecule has 0 saturated carbocycles. The summed E-state index contributed by atoms with van der Waals surface area (Å²) in [6.07, 6.45) is 0. The smallest absolute Gasteiger partial charge is 0.319 e. The van der Waals surface area contributed by atoms with Crippen LogP contribution in [-0.2, 0) is 28.4 Å². The molecule has 0 radical (unpaired) electrons. The standard InChI is InChI=1S/C2H2O6S/c3-1-7-9(5,6)8-2-4/h1-2H. The van der Waals surface area contributed by atoms with Crippen LogP contribution in [0.4, 0.5) is 0 Å². The fourth-order valence-corrected chi connectivity index (χ4v) is 0.357. The van der Waals surface area contributed by atoms with Crippen LogP contribution in [0.2, 0.25) is 0 Å². The van der Waals surface area contributed by atoms with Gasteiger partial charge in [-0.15, -0.1) is 8.42 Å². The Morgan fingerprint density at radius 1 is 1.00 bits per heavy atom. The van der Waals surface area contributed by atoms with E-state index in [2.05, 4.69) is 8.37 Å². The van der Waals surface area contributed by atoms with Gasteiger partial charge >= 0.3 is 23.3 Å². The Hall–Kier alpha value is -1.11. The highest BCUT2D eigenvalue weighted by molar-refractivity contribution is 7.82. The van der Waals surface area contributed by atoms with Gasteiger partial charge in [0, 0.05) is 0 Å². The summed E-state index contributed by atoms with van der Waals surface area (Å²) in [5, 5.41) is 0. The van der Waals surface area contributed by atoms with Crippen LogP contribution in [0, 0.1) is 0 Å². The van der Waals surface area contributed by atoms with Gasteiger partial charge in [0.05, 0.1) is 0 Å². The van der Waals surface area contributed by atoms with Crippen LogP contribution in [0.15, 0.2) is 0 Å². The molecule has 0 spiro atoms. The second kappa shape index (κ2) is 3.02. The first-order chi connectivity index (χ1) is 4.12. The normalized spacial score (nSPS) is 9.78. The summed E-state index contributed by atoms with van der Waals surface area (Å²) in [6.45, 7) is -0.725. The zero-order chi connectivity index (χ0) is 7.33. The van der Waals surface area contributed by atoms with Crippen LogP contribution in [0.3, 0.4) is 0 Å². The van der Waals surface area contributed by atoms with Crippen molar-refractivity contribution in [3.8, 4) is 0 Å². The van der Waals surface area contributed by atoms with Gasteiger partial charge in [-0.1, -0.05) is 0 Å². The maximum Gasteiger partial charge on any atom is 0.505 e. The Labute approximate surface area is 50.7 Å². The van der Waals surface area contributed by atoms with Crippen LogP contribution >= 0.6 is 0 Å². The quantitative estimate of drug-likeness (QED) is 0.461. The van der Waals surface area contributed by atoms with E-state index in [0.29, 0.717) is 0 Å². The van der Waals surface area contributed by atoms with Crippen LogP contribution < -0.4 is 0 Å². The van der Waals surface area contributed by atoms with Crippen molar-refractivity contribution in [1.29, 1.82) is 0 Å². The highest BCUT2D eigenvalue weighted by Crippen LogP contribution is 1.87. The Kier molecular flexibility index (Phi) is 2.65. The molecule has 0 aliphatic heterocycles. The second-order valence-electron chi connectivity index (χ2n) is 0.793. The number of rotatable bonds is 4. The zero-order valence-corrected chi connectivity index (χ0v) is 4.83. The van der Waals surface area contributed by atoms with Gasteiger partial charge in [0.1, 0.15) is 0 Å². The number of hydrogen-bond acceptors (Lipinski definition) is 6. The van der Waals surface area contributed by atoms with Gasteiger partial charge < -0.3 is 8.37 Å². The summed E-state index contributed by atoms with van der Waals surface area (Å²) in [7, 11) is -4.42. The topological polar surface area (TPSA) is 86.7 Å². The zero-order valence-electron chi connectivity index (χ0n) is 4.01. The Balaban J connectivity index is 4.03. The van der Waals surface area contributed by atoms with Gasteiger partial charge in [0.15, 0.2) is 0 Å². The SMILES string of the molecule is O=COS(=O)(=O)OC=O. The summed E-state index contributed by atoms with van der Waals surface area (Å²) in [4.78, 5) is 18.6. The van der Waals surface area contributed by atoms with Crippen LogP contribution in [0.5, 0.6) is 0 Å². The van der Waals surface area contributed by atoms with Crippen molar-refractivity contribution in [2.24, 2.45) is 0 Å². The lowest BCUT2D eigenvalue weighted by Crippen LogP contribution is -2.07. The molecule has 0 aromatic rings. The first-order valence-corrected chi connectivity index (χ1v) is 2.94. The van der Waals surface area contributed by atoms with E-state index in [1.807, 2.05) is 0 Å². The van der Waals surface area contributed by atoms with Crippen LogP contribution in [0.1, 0.15) is 0 Å². The predicted molar refractivity (Wildman–Crippen MR) is 23.2 cm³/mol. The number of hydrogen-bond donors (Lipinski definition) is 0. The predicted octanol–water partition coefficient (Wildman–Crippen LogP) is -1.42. The maximum atomic E-state index is 9.92. The first-order valence-electron chi connectivity index (χ1n) is 1.61. The lowest BCUT2D eigenvalue weighted by molar-refractivity contribution is -0.123. The number of carbonyl (C=O) groups excluding carboxylic acids is 2. The molecule has 0 aromatic carbocycles. The molecule has 9 heavy (non-hydrogen) atoms. The second-order valence-corrected chi connectivity index (χ2v) is 1.99. The summed E-state index contributed by atoms with van der Waals surface area (Å²) in [5.41, 5.74) is 0. The minimum atomic E-state index is -4.42. The van der Waals surface area contributed by atoms with E-state index >= 15 is 0 Å². The highest BCUT2D eigenvalue weighted by Gasteiger charge is 2.09. The van der Waals surface area contributed by atoms with Gasteiger partial charge in [0.2, 0.25) is 0 Å². The van der Waals surface area contributed by atoms with Gasteiger partial charge in [-0.25, -0.2) is 0 Å². The molecule has 0 N–H and O–H groups in total.